The van der Waals surface area contributed by atoms with Crippen LogP contribution in [0.5, 0.6) is 0 Å². The van der Waals surface area contributed by atoms with E-state index < -0.39 is 0 Å². The van der Waals surface area contributed by atoms with Crippen LogP contribution < -0.4 is 11.1 Å². The Morgan fingerprint density at radius 2 is 2.37 bits per heavy atom. The molecular formula is C13H18ClN3OS. The second-order valence-corrected chi connectivity index (χ2v) is 6.30. The zero-order chi connectivity index (χ0) is 13.8. The standard InChI is InChI=1S/C13H18ClN3OS/c1-19-10-4-2-3-9(6-10)17-13(18)11-5-8(15)7-16-12(11)14/h5,7,9-10H,2-4,6,15H2,1H3,(H,17,18). The van der Waals surface area contributed by atoms with Crippen molar-refractivity contribution in [1.29, 1.82) is 0 Å². The van der Waals surface area contributed by atoms with Gasteiger partial charge in [-0.2, -0.15) is 11.8 Å². The lowest BCUT2D eigenvalue weighted by Gasteiger charge is -2.28. The normalized spacial score (nSPS) is 23.1. The van der Waals surface area contributed by atoms with E-state index in [0.29, 0.717) is 16.5 Å². The molecule has 0 aliphatic heterocycles. The molecule has 1 saturated carbocycles. The van der Waals surface area contributed by atoms with Crippen LogP contribution in [0.3, 0.4) is 0 Å². The maximum Gasteiger partial charge on any atom is 0.254 e. The Kier molecular flexibility index (Phi) is 4.93. The van der Waals surface area contributed by atoms with Crippen LogP contribution in [0.4, 0.5) is 5.69 Å². The predicted octanol–water partition coefficient (Wildman–Crippen LogP) is 2.72. The zero-order valence-electron chi connectivity index (χ0n) is 10.9. The molecule has 0 spiro atoms. The van der Waals surface area contributed by atoms with Crippen LogP contribution in [-0.4, -0.2) is 28.4 Å². The Labute approximate surface area is 122 Å². The van der Waals surface area contributed by atoms with Crippen LogP contribution >= 0.6 is 23.4 Å². The molecule has 0 saturated heterocycles. The first kappa shape index (κ1) is 14.5. The van der Waals surface area contributed by atoms with E-state index in [9.17, 15) is 4.79 Å². The van der Waals surface area contributed by atoms with Crippen LogP contribution in [0, 0.1) is 0 Å². The van der Waals surface area contributed by atoms with Gasteiger partial charge in [0, 0.05) is 11.3 Å². The topological polar surface area (TPSA) is 68.0 Å². The molecule has 104 valence electrons. The lowest BCUT2D eigenvalue weighted by atomic mass is 9.94. The van der Waals surface area contributed by atoms with Gasteiger partial charge in [0.25, 0.3) is 5.91 Å². The van der Waals surface area contributed by atoms with Crippen molar-refractivity contribution >= 4 is 35.0 Å². The van der Waals surface area contributed by atoms with E-state index >= 15 is 0 Å². The Morgan fingerprint density at radius 1 is 1.58 bits per heavy atom. The summed E-state index contributed by atoms with van der Waals surface area (Å²) < 4.78 is 0. The van der Waals surface area contributed by atoms with Crippen molar-refractivity contribution in [1.82, 2.24) is 10.3 Å². The molecule has 1 fully saturated rings. The number of amides is 1. The fraction of sp³-hybridized carbons (Fsp3) is 0.538. The third kappa shape index (κ3) is 3.76. The number of anilines is 1. The molecular weight excluding hydrogens is 282 g/mol. The first-order valence-electron chi connectivity index (χ1n) is 6.35. The summed E-state index contributed by atoms with van der Waals surface area (Å²) in [5.74, 6) is -0.184. The van der Waals surface area contributed by atoms with Crippen LogP contribution in [0.1, 0.15) is 36.0 Å². The lowest BCUT2D eigenvalue weighted by Crippen LogP contribution is -2.39. The van der Waals surface area contributed by atoms with Gasteiger partial charge in [-0.3, -0.25) is 4.79 Å². The largest absolute Gasteiger partial charge is 0.397 e. The highest BCUT2D eigenvalue weighted by atomic mass is 35.5. The molecule has 3 N–H and O–H groups in total. The van der Waals surface area contributed by atoms with Crippen LogP contribution in [-0.2, 0) is 0 Å². The monoisotopic (exact) mass is 299 g/mol. The van der Waals surface area contributed by atoms with E-state index in [1.807, 2.05) is 11.8 Å². The average molecular weight is 300 g/mol. The van der Waals surface area contributed by atoms with Crippen molar-refractivity contribution in [2.45, 2.75) is 37.0 Å². The van der Waals surface area contributed by atoms with Crippen molar-refractivity contribution in [2.24, 2.45) is 0 Å². The van der Waals surface area contributed by atoms with Gasteiger partial charge in [0.15, 0.2) is 0 Å². The van der Waals surface area contributed by atoms with Crippen molar-refractivity contribution in [3.8, 4) is 0 Å². The number of nitrogens with two attached hydrogens (primary N) is 1. The van der Waals surface area contributed by atoms with E-state index in [1.165, 1.54) is 12.6 Å². The molecule has 0 aromatic carbocycles. The van der Waals surface area contributed by atoms with Gasteiger partial charge in [-0.15, -0.1) is 0 Å². The summed E-state index contributed by atoms with van der Waals surface area (Å²) in [7, 11) is 0. The molecule has 2 atom stereocenters. The van der Waals surface area contributed by atoms with Crippen molar-refractivity contribution in [3.63, 3.8) is 0 Å². The summed E-state index contributed by atoms with van der Waals surface area (Å²) in [6, 6.07) is 1.79. The predicted molar refractivity (Wildman–Crippen MR) is 80.7 cm³/mol. The quantitative estimate of drug-likeness (QED) is 0.842. The second-order valence-electron chi connectivity index (χ2n) is 4.80. The highest BCUT2D eigenvalue weighted by Crippen LogP contribution is 2.27. The molecule has 6 heteroatoms. The van der Waals surface area contributed by atoms with E-state index in [0.717, 1.165) is 19.3 Å². The highest BCUT2D eigenvalue weighted by molar-refractivity contribution is 7.99. The summed E-state index contributed by atoms with van der Waals surface area (Å²) in [5, 5.41) is 3.87. The number of pyridine rings is 1. The number of carbonyl (C=O) groups excluding carboxylic acids is 1. The lowest BCUT2D eigenvalue weighted by molar-refractivity contribution is 0.0928. The number of carbonyl (C=O) groups is 1. The number of nitrogens with zero attached hydrogens (tertiary/aromatic N) is 1. The summed E-state index contributed by atoms with van der Waals surface area (Å²) in [6.07, 6.45) is 7.99. The fourth-order valence-corrected chi connectivity index (χ4v) is 3.39. The smallest absolute Gasteiger partial charge is 0.254 e. The Balaban J connectivity index is 2.02. The number of nitrogens with one attached hydrogen (secondary N) is 1. The molecule has 1 aliphatic carbocycles. The van der Waals surface area contributed by atoms with Crippen LogP contribution in [0.25, 0.3) is 0 Å². The number of rotatable bonds is 3. The SMILES string of the molecule is CSC1CCCC(NC(=O)c2cc(N)cnc2Cl)C1. The van der Waals surface area contributed by atoms with E-state index in [-0.39, 0.29) is 17.1 Å². The summed E-state index contributed by atoms with van der Waals surface area (Å²) in [5.41, 5.74) is 6.44. The Hall–Kier alpha value is -0.940. The van der Waals surface area contributed by atoms with Crippen molar-refractivity contribution < 1.29 is 4.79 Å². The molecule has 1 aromatic rings. The maximum absolute atomic E-state index is 12.2. The van der Waals surface area contributed by atoms with Gasteiger partial charge >= 0.3 is 0 Å². The average Bonchev–Trinajstić information content (AvgIpc) is 2.41. The van der Waals surface area contributed by atoms with Gasteiger partial charge in [0.2, 0.25) is 0 Å². The number of nitrogen functional groups attached to an aromatic ring is 1. The number of hydrogen-bond donors (Lipinski definition) is 2. The Morgan fingerprint density at radius 3 is 3.11 bits per heavy atom. The molecule has 2 rings (SSSR count). The molecule has 1 heterocycles. The summed E-state index contributed by atoms with van der Waals surface area (Å²) in [6.45, 7) is 0. The molecule has 19 heavy (non-hydrogen) atoms. The van der Waals surface area contributed by atoms with Crippen molar-refractivity contribution in [3.05, 3.63) is 23.0 Å². The second kappa shape index (κ2) is 6.48. The number of aromatic nitrogens is 1. The summed E-state index contributed by atoms with van der Waals surface area (Å²) in [4.78, 5) is 16.1. The third-order valence-corrected chi connectivity index (χ3v) is 4.80. The van der Waals surface area contributed by atoms with Gasteiger partial charge in [0.05, 0.1) is 17.4 Å². The van der Waals surface area contributed by atoms with Crippen molar-refractivity contribution in [2.75, 3.05) is 12.0 Å². The summed E-state index contributed by atoms with van der Waals surface area (Å²) >= 11 is 7.80. The molecule has 4 nitrogen and oxygen atoms in total. The van der Waals surface area contributed by atoms with E-state index in [4.69, 9.17) is 17.3 Å². The fourth-order valence-electron chi connectivity index (χ4n) is 2.38. The number of thioether (sulfide) groups is 1. The number of hydrogen-bond acceptors (Lipinski definition) is 4. The first-order chi connectivity index (χ1) is 9.10. The minimum Gasteiger partial charge on any atom is -0.397 e. The van der Waals surface area contributed by atoms with Gasteiger partial charge in [0.1, 0.15) is 5.15 Å². The molecule has 1 amide bonds. The minimum absolute atomic E-state index is 0.184. The molecule has 1 aliphatic rings. The van der Waals surface area contributed by atoms with Gasteiger partial charge in [-0.25, -0.2) is 4.98 Å². The van der Waals surface area contributed by atoms with E-state index in [2.05, 4.69) is 16.6 Å². The van der Waals surface area contributed by atoms with Gasteiger partial charge < -0.3 is 11.1 Å². The van der Waals surface area contributed by atoms with E-state index in [1.54, 1.807) is 6.07 Å². The molecule has 1 aromatic heterocycles. The highest BCUT2D eigenvalue weighted by Gasteiger charge is 2.23. The molecule has 0 radical (unpaired) electrons. The maximum atomic E-state index is 12.2. The van der Waals surface area contributed by atoms with Crippen LogP contribution in [0.2, 0.25) is 5.15 Å². The van der Waals surface area contributed by atoms with Crippen LogP contribution in [0.15, 0.2) is 12.3 Å². The third-order valence-electron chi connectivity index (χ3n) is 3.40. The zero-order valence-corrected chi connectivity index (χ0v) is 12.4. The first-order valence-corrected chi connectivity index (χ1v) is 8.01. The molecule has 0 bridgehead atoms. The number of halogens is 1. The Bertz CT molecular complexity index is 469. The molecule has 2 unspecified atom stereocenters. The van der Waals surface area contributed by atoms with Gasteiger partial charge in [-0.1, -0.05) is 18.0 Å². The minimum atomic E-state index is -0.184. The van der Waals surface area contributed by atoms with Gasteiger partial charge in [-0.05, 0) is 31.6 Å².